The number of alkyl halides is 3. The zero-order valence-corrected chi connectivity index (χ0v) is 8.78. The predicted octanol–water partition coefficient (Wildman–Crippen LogP) is 2.90. The van der Waals surface area contributed by atoms with Crippen molar-refractivity contribution in [1.29, 1.82) is 0 Å². The van der Waals surface area contributed by atoms with E-state index in [4.69, 9.17) is 17.3 Å². The van der Waals surface area contributed by atoms with Crippen molar-refractivity contribution in [2.75, 3.05) is 6.54 Å². The molecule has 1 rings (SSSR count). The van der Waals surface area contributed by atoms with Crippen LogP contribution in [0.4, 0.5) is 13.2 Å². The Balaban J connectivity index is 2.72. The largest absolute Gasteiger partial charge is 0.426 e. The summed E-state index contributed by atoms with van der Waals surface area (Å²) in [4.78, 5) is 0. The van der Waals surface area contributed by atoms with Gasteiger partial charge in [0.2, 0.25) is 0 Å². The summed E-state index contributed by atoms with van der Waals surface area (Å²) in [7, 11) is 0. The summed E-state index contributed by atoms with van der Waals surface area (Å²) in [5.74, 6) is -0.0415. The van der Waals surface area contributed by atoms with Crippen LogP contribution in [0, 0.1) is 17.3 Å². The number of halogens is 4. The Morgan fingerprint density at radius 1 is 1.50 bits per heavy atom. The lowest BCUT2D eigenvalue weighted by Crippen LogP contribution is -2.08. The third-order valence-electron chi connectivity index (χ3n) is 2.99. The minimum absolute atomic E-state index is 0.110. The third kappa shape index (κ3) is 2.06. The molecule has 14 heavy (non-hydrogen) atoms. The topological polar surface area (TPSA) is 26.0 Å². The van der Waals surface area contributed by atoms with Crippen LogP contribution in [0.2, 0.25) is 0 Å². The van der Waals surface area contributed by atoms with Gasteiger partial charge < -0.3 is 5.73 Å². The maximum atomic E-state index is 12.1. The van der Waals surface area contributed by atoms with Gasteiger partial charge in [0.25, 0.3) is 0 Å². The van der Waals surface area contributed by atoms with E-state index < -0.39 is 11.2 Å². The maximum Gasteiger partial charge on any atom is 0.426 e. The summed E-state index contributed by atoms with van der Waals surface area (Å²) < 4.78 is 36.3. The molecule has 0 amide bonds. The second kappa shape index (κ2) is 3.42. The first kappa shape index (κ1) is 11.9. The van der Waals surface area contributed by atoms with Crippen LogP contribution in [-0.4, -0.2) is 12.7 Å². The fourth-order valence-electron chi connectivity index (χ4n) is 1.82. The molecule has 0 radical (unpaired) electrons. The zero-order valence-electron chi connectivity index (χ0n) is 8.03. The summed E-state index contributed by atoms with van der Waals surface area (Å²) in [6.07, 6.45) is -3.35. The van der Waals surface area contributed by atoms with Gasteiger partial charge in [-0.25, -0.2) is 0 Å². The van der Waals surface area contributed by atoms with E-state index in [2.05, 4.69) is 0 Å². The van der Waals surface area contributed by atoms with Crippen LogP contribution >= 0.6 is 11.6 Å². The fourth-order valence-corrected chi connectivity index (χ4v) is 1.96. The van der Waals surface area contributed by atoms with E-state index in [0.717, 1.165) is 6.08 Å². The van der Waals surface area contributed by atoms with E-state index in [1.807, 2.05) is 13.8 Å². The van der Waals surface area contributed by atoms with Gasteiger partial charge in [-0.05, 0) is 23.8 Å². The molecule has 0 aliphatic heterocycles. The van der Waals surface area contributed by atoms with Crippen LogP contribution in [0.25, 0.3) is 0 Å². The standard InChI is InChI=1S/C9H13ClF3N/c1-8(2)5(6(8)4-14)3-7(10)9(11,12)13/h3,5-6H,4,14H2,1-2H3/b7-3-/t5-,6+/m1/s1. The van der Waals surface area contributed by atoms with Crippen molar-refractivity contribution in [2.45, 2.75) is 20.0 Å². The van der Waals surface area contributed by atoms with Gasteiger partial charge in [0.15, 0.2) is 0 Å². The van der Waals surface area contributed by atoms with Crippen molar-refractivity contribution in [3.8, 4) is 0 Å². The molecule has 0 saturated heterocycles. The molecule has 1 nitrogen and oxygen atoms in total. The average Bonchev–Trinajstić information content (AvgIpc) is 2.51. The molecule has 0 bridgehead atoms. The van der Waals surface area contributed by atoms with Crippen molar-refractivity contribution in [2.24, 2.45) is 23.0 Å². The van der Waals surface area contributed by atoms with E-state index in [1.165, 1.54) is 0 Å². The van der Waals surface area contributed by atoms with Crippen LogP contribution in [0.5, 0.6) is 0 Å². The first-order valence-corrected chi connectivity index (χ1v) is 4.73. The second-order valence-corrected chi connectivity index (χ2v) is 4.61. The van der Waals surface area contributed by atoms with Gasteiger partial charge in [-0.3, -0.25) is 0 Å². The lowest BCUT2D eigenvalue weighted by atomic mass is 10.1. The summed E-state index contributed by atoms with van der Waals surface area (Å²) in [6, 6.07) is 0. The molecule has 1 aliphatic carbocycles. The minimum Gasteiger partial charge on any atom is -0.330 e. The number of nitrogens with two attached hydrogens (primary N) is 1. The summed E-state index contributed by atoms with van der Waals surface area (Å²) in [6.45, 7) is 4.19. The molecule has 2 atom stereocenters. The van der Waals surface area contributed by atoms with E-state index in [-0.39, 0.29) is 17.3 Å². The Bertz CT molecular complexity index is 257. The number of hydrogen-bond donors (Lipinski definition) is 1. The lowest BCUT2D eigenvalue weighted by molar-refractivity contribution is -0.0848. The Labute approximate surface area is 86.1 Å². The van der Waals surface area contributed by atoms with Crippen molar-refractivity contribution >= 4 is 11.6 Å². The van der Waals surface area contributed by atoms with E-state index in [9.17, 15) is 13.2 Å². The minimum atomic E-state index is -4.43. The summed E-state index contributed by atoms with van der Waals surface area (Å²) >= 11 is 5.14. The first-order valence-electron chi connectivity index (χ1n) is 4.36. The molecule has 2 N–H and O–H groups in total. The molecule has 0 heterocycles. The third-order valence-corrected chi connectivity index (χ3v) is 3.33. The van der Waals surface area contributed by atoms with Crippen molar-refractivity contribution in [3.63, 3.8) is 0 Å². The van der Waals surface area contributed by atoms with E-state index >= 15 is 0 Å². The van der Waals surface area contributed by atoms with Crippen molar-refractivity contribution in [1.82, 2.24) is 0 Å². The molecule has 0 spiro atoms. The second-order valence-electron chi connectivity index (χ2n) is 4.20. The van der Waals surface area contributed by atoms with Crippen LogP contribution in [0.3, 0.4) is 0 Å². The molecule has 0 aromatic heterocycles. The molecule has 5 heteroatoms. The molecular weight excluding hydrogens is 215 g/mol. The molecule has 1 saturated carbocycles. The number of rotatable bonds is 2. The Morgan fingerprint density at radius 2 is 2.00 bits per heavy atom. The maximum absolute atomic E-state index is 12.1. The Kier molecular flexibility index (Phi) is 2.89. The van der Waals surface area contributed by atoms with Gasteiger partial charge in [-0.2, -0.15) is 13.2 Å². The van der Waals surface area contributed by atoms with Crippen LogP contribution in [0.1, 0.15) is 13.8 Å². The quantitative estimate of drug-likeness (QED) is 0.771. The highest BCUT2D eigenvalue weighted by molar-refractivity contribution is 6.30. The zero-order chi connectivity index (χ0) is 11.1. The molecule has 1 fully saturated rings. The Hall–Kier alpha value is -0.220. The van der Waals surface area contributed by atoms with Crippen LogP contribution in [-0.2, 0) is 0 Å². The van der Waals surface area contributed by atoms with Gasteiger partial charge in [0.1, 0.15) is 5.03 Å². The molecule has 0 aromatic rings. The van der Waals surface area contributed by atoms with Gasteiger partial charge in [-0.15, -0.1) is 0 Å². The van der Waals surface area contributed by atoms with Crippen molar-refractivity contribution < 1.29 is 13.2 Å². The van der Waals surface area contributed by atoms with Gasteiger partial charge in [0, 0.05) is 0 Å². The van der Waals surface area contributed by atoms with E-state index in [0.29, 0.717) is 6.54 Å². The van der Waals surface area contributed by atoms with Gasteiger partial charge in [0.05, 0.1) is 0 Å². The molecule has 1 aliphatic rings. The molecule has 82 valence electrons. The normalized spacial score (nSPS) is 31.8. The highest BCUT2D eigenvalue weighted by atomic mass is 35.5. The van der Waals surface area contributed by atoms with Gasteiger partial charge >= 0.3 is 6.18 Å². The SMILES string of the molecule is CC1(C)[C@H](/C=C(\Cl)C(F)(F)F)[C@@H]1CN. The van der Waals surface area contributed by atoms with Crippen molar-refractivity contribution in [3.05, 3.63) is 11.1 Å². The highest BCUT2D eigenvalue weighted by Gasteiger charge is 2.56. The predicted molar refractivity (Wildman–Crippen MR) is 49.8 cm³/mol. The van der Waals surface area contributed by atoms with Crippen LogP contribution in [0.15, 0.2) is 11.1 Å². The average molecular weight is 228 g/mol. The number of allylic oxidation sites excluding steroid dienone is 2. The fraction of sp³-hybridized carbons (Fsp3) is 0.778. The summed E-state index contributed by atoms with van der Waals surface area (Å²) in [5, 5.41) is -1.04. The first-order chi connectivity index (χ1) is 6.21. The highest BCUT2D eigenvalue weighted by Crippen LogP contribution is 2.59. The lowest BCUT2D eigenvalue weighted by Gasteiger charge is -2.04. The summed E-state index contributed by atoms with van der Waals surface area (Å²) in [5.41, 5.74) is 5.28. The van der Waals surface area contributed by atoms with E-state index in [1.54, 1.807) is 0 Å². The smallest absolute Gasteiger partial charge is 0.330 e. The molecular formula is C9H13ClF3N. The Morgan fingerprint density at radius 3 is 2.29 bits per heavy atom. The molecule has 0 unspecified atom stereocenters. The molecule has 0 aromatic carbocycles. The monoisotopic (exact) mass is 227 g/mol. The number of hydrogen-bond acceptors (Lipinski definition) is 1. The van der Waals surface area contributed by atoms with Crippen LogP contribution < -0.4 is 5.73 Å². The van der Waals surface area contributed by atoms with Gasteiger partial charge in [-0.1, -0.05) is 31.5 Å².